The Morgan fingerprint density at radius 3 is 2.62 bits per heavy atom. The number of hydrogen-bond acceptors (Lipinski definition) is 1. The minimum Gasteiger partial charge on any atom is -0.469 e. The summed E-state index contributed by atoms with van der Waals surface area (Å²) in [5, 5.41) is 0. The summed E-state index contributed by atoms with van der Waals surface area (Å²) >= 11 is 3.33. The van der Waals surface area contributed by atoms with E-state index in [-0.39, 0.29) is 5.56 Å². The fourth-order valence-corrected chi connectivity index (χ4v) is 2.08. The van der Waals surface area contributed by atoms with Crippen molar-refractivity contribution in [1.82, 2.24) is 0 Å². The molecular weight excluding hydrogens is 278 g/mol. The zero-order chi connectivity index (χ0) is 11.7. The molecule has 1 aromatic heterocycles. The normalized spacial score (nSPS) is 12.8. The van der Waals surface area contributed by atoms with E-state index >= 15 is 0 Å². The standard InChI is InChI=1S/C12H9BrF2O/c1-7-4-8(6-16-7)12(13)10-5-9(14)2-3-11(10)15/h2-6,12H,1H3. The topological polar surface area (TPSA) is 13.1 Å². The molecule has 4 heteroatoms. The second-order valence-electron chi connectivity index (χ2n) is 3.52. The number of aryl methyl sites for hydroxylation is 1. The van der Waals surface area contributed by atoms with Gasteiger partial charge in [-0.15, -0.1) is 0 Å². The highest BCUT2D eigenvalue weighted by Gasteiger charge is 2.17. The molecule has 0 bridgehead atoms. The molecule has 84 valence electrons. The Morgan fingerprint density at radius 1 is 1.25 bits per heavy atom. The number of hydrogen-bond donors (Lipinski definition) is 0. The number of furan rings is 1. The first kappa shape index (κ1) is 11.3. The summed E-state index contributed by atoms with van der Waals surface area (Å²) in [4.78, 5) is -0.402. The molecule has 0 saturated carbocycles. The van der Waals surface area contributed by atoms with Gasteiger partial charge in [0.25, 0.3) is 0 Å². The van der Waals surface area contributed by atoms with Crippen LogP contribution < -0.4 is 0 Å². The van der Waals surface area contributed by atoms with Crippen LogP contribution in [-0.4, -0.2) is 0 Å². The average Bonchev–Trinajstić information content (AvgIpc) is 2.67. The van der Waals surface area contributed by atoms with E-state index in [1.807, 2.05) is 0 Å². The van der Waals surface area contributed by atoms with Crippen LogP contribution >= 0.6 is 15.9 Å². The third-order valence-electron chi connectivity index (χ3n) is 2.27. The Labute approximate surface area is 100 Å². The van der Waals surface area contributed by atoms with Crippen molar-refractivity contribution in [2.75, 3.05) is 0 Å². The summed E-state index contributed by atoms with van der Waals surface area (Å²) in [7, 11) is 0. The molecule has 0 aliphatic heterocycles. The second-order valence-corrected chi connectivity index (χ2v) is 4.43. The van der Waals surface area contributed by atoms with Crippen molar-refractivity contribution in [1.29, 1.82) is 0 Å². The van der Waals surface area contributed by atoms with Crippen LogP contribution in [0.4, 0.5) is 8.78 Å². The lowest BCUT2D eigenvalue weighted by Gasteiger charge is -2.08. The lowest BCUT2D eigenvalue weighted by atomic mass is 10.1. The van der Waals surface area contributed by atoms with Crippen LogP contribution in [0.1, 0.15) is 21.7 Å². The van der Waals surface area contributed by atoms with Crippen molar-refractivity contribution < 1.29 is 13.2 Å². The number of alkyl halides is 1. The Balaban J connectivity index is 2.40. The van der Waals surface area contributed by atoms with Crippen molar-refractivity contribution >= 4 is 15.9 Å². The summed E-state index contributed by atoms with van der Waals surface area (Å²) in [6.45, 7) is 1.80. The third kappa shape index (κ3) is 2.16. The molecule has 0 fully saturated rings. The van der Waals surface area contributed by atoms with Crippen LogP contribution in [0, 0.1) is 18.6 Å². The van der Waals surface area contributed by atoms with Crippen LogP contribution in [0.2, 0.25) is 0 Å². The van der Waals surface area contributed by atoms with Gasteiger partial charge in [0.15, 0.2) is 0 Å². The molecule has 1 unspecified atom stereocenters. The van der Waals surface area contributed by atoms with E-state index in [1.54, 1.807) is 13.0 Å². The highest BCUT2D eigenvalue weighted by atomic mass is 79.9. The SMILES string of the molecule is Cc1cc(C(Br)c2cc(F)ccc2F)co1. The quantitative estimate of drug-likeness (QED) is 0.748. The third-order valence-corrected chi connectivity index (χ3v) is 3.30. The first-order valence-corrected chi connectivity index (χ1v) is 5.63. The predicted molar refractivity (Wildman–Crippen MR) is 60.6 cm³/mol. The molecule has 0 aliphatic carbocycles. The Morgan fingerprint density at radius 2 is 2.00 bits per heavy atom. The smallest absolute Gasteiger partial charge is 0.128 e. The summed E-state index contributed by atoms with van der Waals surface area (Å²) in [6, 6.07) is 5.17. The highest BCUT2D eigenvalue weighted by Crippen LogP contribution is 2.33. The minimum atomic E-state index is -0.457. The number of halogens is 3. The van der Waals surface area contributed by atoms with E-state index in [0.29, 0.717) is 0 Å². The van der Waals surface area contributed by atoms with Crippen LogP contribution in [0.5, 0.6) is 0 Å². The minimum absolute atomic E-state index is 0.265. The van der Waals surface area contributed by atoms with Crippen molar-refractivity contribution in [3.05, 3.63) is 59.1 Å². The number of rotatable bonds is 2. The van der Waals surface area contributed by atoms with Crippen molar-refractivity contribution in [2.45, 2.75) is 11.8 Å². The molecule has 16 heavy (non-hydrogen) atoms. The van der Waals surface area contributed by atoms with E-state index in [9.17, 15) is 8.78 Å². The van der Waals surface area contributed by atoms with Crippen molar-refractivity contribution in [3.63, 3.8) is 0 Å². The van der Waals surface area contributed by atoms with E-state index in [2.05, 4.69) is 15.9 Å². The van der Waals surface area contributed by atoms with E-state index in [0.717, 1.165) is 23.5 Å². The molecule has 0 amide bonds. The maximum atomic E-state index is 13.5. The van der Waals surface area contributed by atoms with E-state index in [1.165, 1.54) is 12.3 Å². The van der Waals surface area contributed by atoms with E-state index in [4.69, 9.17) is 4.42 Å². The average molecular weight is 287 g/mol. The molecule has 1 aromatic carbocycles. The number of benzene rings is 1. The molecule has 2 aromatic rings. The molecule has 2 rings (SSSR count). The van der Waals surface area contributed by atoms with Gasteiger partial charge in [-0.3, -0.25) is 0 Å². The van der Waals surface area contributed by atoms with Gasteiger partial charge < -0.3 is 4.42 Å². The predicted octanol–water partition coefficient (Wildman–Crippen LogP) is 4.35. The van der Waals surface area contributed by atoms with E-state index < -0.39 is 16.5 Å². The molecular formula is C12H9BrF2O. The fraction of sp³-hybridized carbons (Fsp3) is 0.167. The molecule has 0 spiro atoms. The van der Waals surface area contributed by atoms with Gasteiger partial charge in [0.05, 0.1) is 11.1 Å². The van der Waals surface area contributed by atoms with Crippen LogP contribution in [0.15, 0.2) is 34.9 Å². The summed E-state index contributed by atoms with van der Waals surface area (Å²) < 4.78 is 31.6. The molecule has 1 atom stereocenters. The first-order valence-electron chi connectivity index (χ1n) is 4.72. The molecule has 0 saturated heterocycles. The van der Waals surface area contributed by atoms with Gasteiger partial charge >= 0.3 is 0 Å². The molecule has 1 heterocycles. The Hall–Kier alpha value is -1.16. The van der Waals surface area contributed by atoms with Gasteiger partial charge in [0.2, 0.25) is 0 Å². The zero-order valence-electron chi connectivity index (χ0n) is 8.51. The largest absolute Gasteiger partial charge is 0.469 e. The summed E-state index contributed by atoms with van der Waals surface area (Å²) in [6.07, 6.45) is 1.53. The van der Waals surface area contributed by atoms with Gasteiger partial charge in [-0.1, -0.05) is 15.9 Å². The zero-order valence-corrected chi connectivity index (χ0v) is 10.1. The maximum Gasteiger partial charge on any atom is 0.128 e. The lowest BCUT2D eigenvalue weighted by Crippen LogP contribution is -1.96. The van der Waals surface area contributed by atoms with Gasteiger partial charge in [0, 0.05) is 11.1 Å². The molecule has 0 radical (unpaired) electrons. The Kier molecular flexibility index (Phi) is 3.10. The van der Waals surface area contributed by atoms with Crippen molar-refractivity contribution in [3.8, 4) is 0 Å². The Bertz CT molecular complexity index is 507. The van der Waals surface area contributed by atoms with Gasteiger partial charge in [-0.25, -0.2) is 8.78 Å². The molecule has 0 aliphatic rings. The van der Waals surface area contributed by atoms with Gasteiger partial charge in [0.1, 0.15) is 17.4 Å². The summed E-state index contributed by atoms with van der Waals surface area (Å²) in [5.74, 6) is -0.167. The van der Waals surface area contributed by atoms with Crippen LogP contribution in [0.3, 0.4) is 0 Å². The monoisotopic (exact) mass is 286 g/mol. The molecule has 1 nitrogen and oxygen atoms in total. The van der Waals surface area contributed by atoms with Gasteiger partial charge in [-0.2, -0.15) is 0 Å². The second kappa shape index (κ2) is 4.37. The first-order chi connectivity index (χ1) is 7.58. The fourth-order valence-electron chi connectivity index (χ4n) is 1.49. The van der Waals surface area contributed by atoms with Gasteiger partial charge in [-0.05, 0) is 31.2 Å². The highest BCUT2D eigenvalue weighted by molar-refractivity contribution is 9.09. The summed E-state index contributed by atoms with van der Waals surface area (Å²) in [5.41, 5.74) is 1.03. The molecule has 0 N–H and O–H groups in total. The van der Waals surface area contributed by atoms with Crippen molar-refractivity contribution in [2.24, 2.45) is 0 Å². The van der Waals surface area contributed by atoms with Crippen LogP contribution in [-0.2, 0) is 0 Å². The lowest BCUT2D eigenvalue weighted by molar-refractivity contribution is 0.531. The maximum absolute atomic E-state index is 13.5. The van der Waals surface area contributed by atoms with Crippen LogP contribution in [0.25, 0.3) is 0 Å².